The SMILES string of the molecule is CNC(=O)c1cccc(OCC(F)(F)F)c1Br. The molecule has 7 heteroatoms. The highest BCUT2D eigenvalue weighted by Crippen LogP contribution is 2.30. The number of alkyl halides is 3. The Labute approximate surface area is 104 Å². The number of ether oxygens (including phenoxy) is 1. The van der Waals surface area contributed by atoms with Gasteiger partial charge in [0.15, 0.2) is 6.61 Å². The van der Waals surface area contributed by atoms with Crippen LogP contribution in [0.4, 0.5) is 13.2 Å². The highest BCUT2D eigenvalue weighted by molar-refractivity contribution is 9.10. The second-order valence-electron chi connectivity index (χ2n) is 3.10. The van der Waals surface area contributed by atoms with E-state index in [2.05, 4.69) is 26.0 Å². The van der Waals surface area contributed by atoms with E-state index in [-0.39, 0.29) is 15.8 Å². The maximum atomic E-state index is 12.0. The Kier molecular flexibility index (Phi) is 4.39. The Hall–Kier alpha value is -1.24. The topological polar surface area (TPSA) is 38.3 Å². The Morgan fingerprint density at radius 3 is 2.65 bits per heavy atom. The minimum Gasteiger partial charge on any atom is -0.483 e. The van der Waals surface area contributed by atoms with Crippen molar-refractivity contribution in [2.75, 3.05) is 13.7 Å². The Morgan fingerprint density at radius 2 is 2.12 bits per heavy atom. The van der Waals surface area contributed by atoms with Crippen LogP contribution >= 0.6 is 15.9 Å². The largest absolute Gasteiger partial charge is 0.483 e. The van der Waals surface area contributed by atoms with Gasteiger partial charge in [-0.3, -0.25) is 4.79 Å². The molecular formula is C10H9BrF3NO2. The summed E-state index contributed by atoms with van der Waals surface area (Å²) in [4.78, 5) is 11.4. The molecule has 0 aliphatic rings. The number of amides is 1. The molecule has 0 aliphatic carbocycles. The molecule has 0 atom stereocenters. The number of hydrogen-bond donors (Lipinski definition) is 1. The van der Waals surface area contributed by atoms with Crippen molar-refractivity contribution in [3.05, 3.63) is 28.2 Å². The number of benzene rings is 1. The fraction of sp³-hybridized carbons (Fsp3) is 0.300. The van der Waals surface area contributed by atoms with Gasteiger partial charge in [-0.05, 0) is 28.1 Å². The second-order valence-corrected chi connectivity index (χ2v) is 3.89. The summed E-state index contributed by atoms with van der Waals surface area (Å²) in [6.45, 7) is -1.40. The second kappa shape index (κ2) is 5.39. The lowest BCUT2D eigenvalue weighted by Crippen LogP contribution is -2.21. The van der Waals surface area contributed by atoms with Crippen molar-refractivity contribution >= 4 is 21.8 Å². The zero-order chi connectivity index (χ0) is 13.1. The summed E-state index contributed by atoms with van der Waals surface area (Å²) in [6.07, 6.45) is -4.41. The van der Waals surface area contributed by atoms with Gasteiger partial charge < -0.3 is 10.1 Å². The first-order chi connectivity index (χ1) is 7.85. The first-order valence-corrected chi connectivity index (χ1v) is 5.34. The minimum atomic E-state index is -4.41. The molecule has 3 nitrogen and oxygen atoms in total. The predicted molar refractivity (Wildman–Crippen MR) is 59.1 cm³/mol. The number of halogens is 4. The molecule has 1 N–H and O–H groups in total. The van der Waals surface area contributed by atoms with Gasteiger partial charge in [-0.2, -0.15) is 13.2 Å². The maximum absolute atomic E-state index is 12.0. The van der Waals surface area contributed by atoms with E-state index in [0.717, 1.165) is 0 Å². The van der Waals surface area contributed by atoms with Gasteiger partial charge in [-0.1, -0.05) is 6.07 Å². The average molecular weight is 312 g/mol. The van der Waals surface area contributed by atoms with Crippen molar-refractivity contribution < 1.29 is 22.7 Å². The molecule has 0 aliphatic heterocycles. The molecule has 94 valence electrons. The smallest absolute Gasteiger partial charge is 0.422 e. The maximum Gasteiger partial charge on any atom is 0.422 e. The van der Waals surface area contributed by atoms with Gasteiger partial charge >= 0.3 is 6.18 Å². The first-order valence-electron chi connectivity index (χ1n) is 4.55. The molecule has 0 aromatic heterocycles. The van der Waals surface area contributed by atoms with Crippen molar-refractivity contribution in [1.82, 2.24) is 5.32 Å². The molecule has 0 spiro atoms. The summed E-state index contributed by atoms with van der Waals surface area (Å²) in [7, 11) is 1.43. The van der Waals surface area contributed by atoms with Crippen molar-refractivity contribution in [3.63, 3.8) is 0 Å². The van der Waals surface area contributed by atoms with E-state index in [1.54, 1.807) is 0 Å². The zero-order valence-corrected chi connectivity index (χ0v) is 10.4. The third-order valence-corrected chi connectivity index (χ3v) is 2.64. The lowest BCUT2D eigenvalue weighted by atomic mass is 10.2. The van der Waals surface area contributed by atoms with Crippen molar-refractivity contribution in [2.45, 2.75) is 6.18 Å². The Balaban J connectivity index is 2.91. The van der Waals surface area contributed by atoms with E-state index in [1.807, 2.05) is 0 Å². The van der Waals surface area contributed by atoms with Crippen LogP contribution in [0.2, 0.25) is 0 Å². The van der Waals surface area contributed by atoms with Crippen molar-refractivity contribution in [2.24, 2.45) is 0 Å². The van der Waals surface area contributed by atoms with Crippen LogP contribution in [0, 0.1) is 0 Å². The quantitative estimate of drug-likeness (QED) is 0.932. The molecular weight excluding hydrogens is 303 g/mol. The van der Waals surface area contributed by atoms with Crippen LogP contribution in [-0.4, -0.2) is 25.7 Å². The van der Waals surface area contributed by atoms with Gasteiger partial charge in [0, 0.05) is 7.05 Å². The van der Waals surface area contributed by atoms with E-state index < -0.39 is 18.7 Å². The predicted octanol–water partition coefficient (Wildman–Crippen LogP) is 2.75. The first kappa shape index (κ1) is 13.8. The number of nitrogens with one attached hydrogen (secondary N) is 1. The van der Waals surface area contributed by atoms with Gasteiger partial charge in [-0.15, -0.1) is 0 Å². The summed E-state index contributed by atoms with van der Waals surface area (Å²) in [6, 6.07) is 4.27. The molecule has 1 aromatic carbocycles. The fourth-order valence-electron chi connectivity index (χ4n) is 1.09. The highest BCUT2D eigenvalue weighted by Gasteiger charge is 2.29. The lowest BCUT2D eigenvalue weighted by Gasteiger charge is -2.12. The van der Waals surface area contributed by atoms with Crippen LogP contribution in [0.15, 0.2) is 22.7 Å². The molecule has 0 unspecified atom stereocenters. The molecule has 1 aromatic rings. The van der Waals surface area contributed by atoms with E-state index >= 15 is 0 Å². The normalized spacial score (nSPS) is 11.1. The van der Waals surface area contributed by atoms with E-state index in [0.29, 0.717) is 0 Å². The van der Waals surface area contributed by atoms with Gasteiger partial charge in [0.25, 0.3) is 5.91 Å². The zero-order valence-electron chi connectivity index (χ0n) is 8.77. The molecule has 0 saturated heterocycles. The molecule has 1 amide bonds. The molecule has 0 saturated carbocycles. The van der Waals surface area contributed by atoms with Gasteiger partial charge in [0.1, 0.15) is 5.75 Å². The van der Waals surface area contributed by atoms with E-state index in [4.69, 9.17) is 0 Å². The van der Waals surface area contributed by atoms with Crippen molar-refractivity contribution in [3.8, 4) is 5.75 Å². The van der Waals surface area contributed by atoms with E-state index in [9.17, 15) is 18.0 Å². The van der Waals surface area contributed by atoms with Crippen molar-refractivity contribution in [1.29, 1.82) is 0 Å². The molecule has 0 bridgehead atoms. The highest BCUT2D eigenvalue weighted by atomic mass is 79.9. The molecule has 17 heavy (non-hydrogen) atoms. The van der Waals surface area contributed by atoms with Gasteiger partial charge in [0.05, 0.1) is 10.0 Å². The van der Waals surface area contributed by atoms with Gasteiger partial charge in [-0.25, -0.2) is 0 Å². The standard InChI is InChI=1S/C10H9BrF3NO2/c1-15-9(16)6-3-2-4-7(8(6)11)17-5-10(12,13)14/h2-4H,5H2,1H3,(H,15,16). The number of rotatable bonds is 3. The summed E-state index contributed by atoms with van der Waals surface area (Å²) in [5, 5.41) is 2.37. The van der Waals surface area contributed by atoms with Crippen LogP contribution < -0.4 is 10.1 Å². The monoisotopic (exact) mass is 311 g/mol. The third kappa shape index (κ3) is 3.92. The molecule has 1 rings (SSSR count). The summed E-state index contributed by atoms with van der Waals surface area (Å²) in [5.41, 5.74) is 0.215. The summed E-state index contributed by atoms with van der Waals surface area (Å²) in [5.74, 6) is -0.433. The lowest BCUT2D eigenvalue weighted by molar-refractivity contribution is -0.153. The van der Waals surface area contributed by atoms with Crippen LogP contribution in [0.1, 0.15) is 10.4 Å². The van der Waals surface area contributed by atoms with Crippen LogP contribution in [0.5, 0.6) is 5.75 Å². The molecule has 0 fully saturated rings. The van der Waals surface area contributed by atoms with Crippen LogP contribution in [0.25, 0.3) is 0 Å². The third-order valence-electron chi connectivity index (χ3n) is 1.83. The molecule has 0 radical (unpaired) electrons. The minimum absolute atomic E-state index is 0.0246. The fourth-order valence-corrected chi connectivity index (χ4v) is 1.65. The summed E-state index contributed by atoms with van der Waals surface area (Å²) < 4.78 is 40.7. The molecule has 0 heterocycles. The van der Waals surface area contributed by atoms with Gasteiger partial charge in [0.2, 0.25) is 0 Å². The van der Waals surface area contributed by atoms with Crippen LogP contribution in [0.3, 0.4) is 0 Å². The van der Waals surface area contributed by atoms with E-state index in [1.165, 1.54) is 25.2 Å². The number of hydrogen-bond acceptors (Lipinski definition) is 2. The van der Waals surface area contributed by atoms with Crippen LogP contribution in [-0.2, 0) is 0 Å². The average Bonchev–Trinajstić information content (AvgIpc) is 2.25. The Bertz CT molecular complexity index is 421. The Morgan fingerprint density at radius 1 is 1.47 bits per heavy atom. The number of carbonyl (C=O) groups is 1. The summed E-state index contributed by atoms with van der Waals surface area (Å²) >= 11 is 3.04. The number of carbonyl (C=O) groups excluding carboxylic acids is 1.